The number of likely N-dealkylation sites (tertiary alicyclic amines) is 1. The fourth-order valence-electron chi connectivity index (χ4n) is 2.66. The van der Waals surface area contributed by atoms with E-state index in [9.17, 15) is 9.59 Å². The molecule has 1 saturated heterocycles. The fourth-order valence-corrected chi connectivity index (χ4v) is 3.20. The average Bonchev–Trinajstić information content (AvgIpc) is 3.16. The van der Waals surface area contributed by atoms with E-state index < -0.39 is 0 Å². The average molecular weight is 315 g/mol. The van der Waals surface area contributed by atoms with Crippen LogP contribution in [-0.4, -0.2) is 34.8 Å². The first kappa shape index (κ1) is 14.7. The van der Waals surface area contributed by atoms with E-state index in [0.717, 1.165) is 11.4 Å². The highest BCUT2D eigenvalue weighted by molar-refractivity contribution is 7.07. The number of carbonyl (C=O) groups excluding carboxylic acids is 2. The summed E-state index contributed by atoms with van der Waals surface area (Å²) < 4.78 is 0. The maximum atomic E-state index is 12.9. The highest BCUT2D eigenvalue weighted by atomic mass is 32.1. The molecule has 0 unspecified atom stereocenters. The zero-order valence-electron chi connectivity index (χ0n) is 12.3. The summed E-state index contributed by atoms with van der Waals surface area (Å²) in [6, 6.07) is 9.15. The molecule has 3 rings (SSSR count). The predicted molar refractivity (Wildman–Crippen MR) is 85.5 cm³/mol. The van der Waals surface area contributed by atoms with Gasteiger partial charge in [0.2, 0.25) is 11.8 Å². The van der Waals surface area contributed by atoms with Gasteiger partial charge in [0.25, 0.3) is 0 Å². The Hall–Kier alpha value is -2.21. The Kier molecular flexibility index (Phi) is 4.20. The van der Waals surface area contributed by atoms with Crippen LogP contribution in [0.1, 0.15) is 18.5 Å². The van der Waals surface area contributed by atoms with Gasteiger partial charge in [-0.25, -0.2) is 4.98 Å². The first-order valence-corrected chi connectivity index (χ1v) is 8.10. The Bertz CT molecular complexity index is 657. The summed E-state index contributed by atoms with van der Waals surface area (Å²) >= 11 is 1.51. The van der Waals surface area contributed by atoms with Gasteiger partial charge >= 0.3 is 0 Å². The van der Waals surface area contributed by atoms with Gasteiger partial charge in [0.15, 0.2) is 0 Å². The van der Waals surface area contributed by atoms with Crippen molar-refractivity contribution in [3.63, 3.8) is 0 Å². The van der Waals surface area contributed by atoms with Gasteiger partial charge in [0, 0.05) is 24.5 Å². The second kappa shape index (κ2) is 6.27. The number of nitrogens with zero attached hydrogens (tertiary/aromatic N) is 3. The van der Waals surface area contributed by atoms with Gasteiger partial charge in [-0.3, -0.25) is 9.59 Å². The zero-order valence-corrected chi connectivity index (χ0v) is 13.1. The third kappa shape index (κ3) is 2.87. The van der Waals surface area contributed by atoms with Crippen LogP contribution in [0.5, 0.6) is 0 Å². The van der Waals surface area contributed by atoms with Crippen molar-refractivity contribution in [3.8, 4) is 0 Å². The quantitative estimate of drug-likeness (QED) is 0.870. The van der Waals surface area contributed by atoms with Crippen LogP contribution in [0.15, 0.2) is 41.2 Å². The molecule has 114 valence electrons. The van der Waals surface area contributed by atoms with Crippen LogP contribution >= 0.6 is 11.3 Å². The molecular weight excluding hydrogens is 298 g/mol. The number of carbonyl (C=O) groups is 2. The summed E-state index contributed by atoms with van der Waals surface area (Å²) in [5.41, 5.74) is 3.44. The van der Waals surface area contributed by atoms with Crippen LogP contribution in [0.3, 0.4) is 0 Å². The molecule has 1 fully saturated rings. The van der Waals surface area contributed by atoms with E-state index in [1.165, 1.54) is 11.3 Å². The van der Waals surface area contributed by atoms with Crippen molar-refractivity contribution < 1.29 is 9.59 Å². The second-order valence-corrected chi connectivity index (χ2v) is 6.02. The van der Waals surface area contributed by atoms with E-state index in [4.69, 9.17) is 0 Å². The van der Waals surface area contributed by atoms with Gasteiger partial charge in [-0.15, -0.1) is 11.3 Å². The van der Waals surface area contributed by atoms with Gasteiger partial charge in [-0.1, -0.05) is 18.2 Å². The van der Waals surface area contributed by atoms with Crippen molar-refractivity contribution in [2.24, 2.45) is 0 Å². The molecule has 1 aliphatic heterocycles. The van der Waals surface area contributed by atoms with Crippen molar-refractivity contribution in [1.82, 2.24) is 9.88 Å². The fraction of sp³-hybridized carbons (Fsp3) is 0.312. The molecule has 0 spiro atoms. The van der Waals surface area contributed by atoms with E-state index >= 15 is 0 Å². The largest absolute Gasteiger partial charge is 0.334 e. The minimum absolute atomic E-state index is 0.0278. The lowest BCUT2D eigenvalue weighted by Gasteiger charge is -2.28. The Morgan fingerprint density at radius 1 is 1.41 bits per heavy atom. The number of hydrogen-bond donors (Lipinski definition) is 0. The molecule has 2 heterocycles. The highest BCUT2D eigenvalue weighted by Gasteiger charge is 2.36. The summed E-state index contributed by atoms with van der Waals surface area (Å²) in [5, 5.41) is 1.94. The first-order valence-electron chi connectivity index (χ1n) is 7.16. The Labute approximate surface area is 133 Å². The molecule has 0 saturated carbocycles. The summed E-state index contributed by atoms with van der Waals surface area (Å²) in [7, 11) is 1.70. The molecule has 1 aromatic carbocycles. The lowest BCUT2D eigenvalue weighted by molar-refractivity contribution is -0.132. The van der Waals surface area contributed by atoms with Gasteiger partial charge in [-0.05, 0) is 18.6 Å². The molecule has 22 heavy (non-hydrogen) atoms. The minimum Gasteiger partial charge on any atom is -0.334 e. The summed E-state index contributed by atoms with van der Waals surface area (Å²) in [6.45, 7) is 0.422. The third-order valence-electron chi connectivity index (χ3n) is 3.92. The third-order valence-corrected chi connectivity index (χ3v) is 4.55. The van der Waals surface area contributed by atoms with Crippen LogP contribution in [-0.2, 0) is 16.1 Å². The zero-order chi connectivity index (χ0) is 15.5. The second-order valence-electron chi connectivity index (χ2n) is 5.30. The SMILES string of the molecule is CN1C(=O)CC[C@@H]1C(=O)N(Cc1cscn1)c1ccccc1. The molecule has 1 aromatic heterocycles. The molecule has 0 aliphatic carbocycles. The molecule has 2 aromatic rings. The molecule has 1 atom stereocenters. The normalized spacial score (nSPS) is 17.8. The number of rotatable bonds is 4. The van der Waals surface area contributed by atoms with Gasteiger partial charge in [0.1, 0.15) is 6.04 Å². The number of benzene rings is 1. The van der Waals surface area contributed by atoms with Gasteiger partial charge in [-0.2, -0.15) is 0 Å². The van der Waals surface area contributed by atoms with Crippen molar-refractivity contribution >= 4 is 28.8 Å². The minimum atomic E-state index is -0.383. The molecule has 5 nitrogen and oxygen atoms in total. The van der Waals surface area contributed by atoms with Crippen LogP contribution in [0, 0.1) is 0 Å². The summed E-state index contributed by atoms with van der Waals surface area (Å²) in [5.74, 6) is -0.0208. The van der Waals surface area contributed by atoms with E-state index in [2.05, 4.69) is 4.98 Å². The molecule has 0 radical (unpaired) electrons. The topological polar surface area (TPSA) is 53.5 Å². The van der Waals surface area contributed by atoms with Crippen molar-refractivity contribution in [2.75, 3.05) is 11.9 Å². The lowest BCUT2D eigenvalue weighted by Crippen LogP contribution is -2.45. The number of likely N-dealkylation sites (N-methyl/N-ethyl adjacent to an activating group) is 1. The van der Waals surface area contributed by atoms with Crippen molar-refractivity contribution in [3.05, 3.63) is 46.9 Å². The molecule has 0 bridgehead atoms. The number of anilines is 1. The van der Waals surface area contributed by atoms with Crippen LogP contribution in [0.25, 0.3) is 0 Å². The smallest absolute Gasteiger partial charge is 0.250 e. The number of hydrogen-bond acceptors (Lipinski definition) is 4. The van der Waals surface area contributed by atoms with Gasteiger partial charge < -0.3 is 9.80 Å². The monoisotopic (exact) mass is 315 g/mol. The van der Waals surface area contributed by atoms with Crippen LogP contribution < -0.4 is 4.90 Å². The van der Waals surface area contributed by atoms with Crippen LogP contribution in [0.4, 0.5) is 5.69 Å². The maximum absolute atomic E-state index is 12.9. The lowest BCUT2D eigenvalue weighted by atomic mass is 10.1. The maximum Gasteiger partial charge on any atom is 0.250 e. The first-order chi connectivity index (χ1) is 10.7. The van der Waals surface area contributed by atoms with E-state index in [1.54, 1.807) is 22.4 Å². The number of aromatic nitrogens is 1. The number of thiazole rings is 1. The summed E-state index contributed by atoms with van der Waals surface area (Å²) in [4.78, 5) is 32.2. The standard InChI is InChI=1S/C16H17N3O2S/c1-18-14(7-8-15(18)20)16(21)19(9-12-10-22-11-17-12)13-5-3-2-4-6-13/h2-6,10-11,14H,7-9H2,1H3/t14-/m1/s1. The Morgan fingerprint density at radius 2 is 2.18 bits per heavy atom. The van der Waals surface area contributed by atoms with Crippen molar-refractivity contribution in [1.29, 1.82) is 0 Å². The molecule has 6 heteroatoms. The highest BCUT2D eigenvalue weighted by Crippen LogP contribution is 2.24. The Balaban J connectivity index is 1.88. The molecular formula is C16H17N3O2S. The van der Waals surface area contributed by atoms with Gasteiger partial charge in [0.05, 0.1) is 17.7 Å². The number of amides is 2. The Morgan fingerprint density at radius 3 is 2.77 bits per heavy atom. The summed E-state index contributed by atoms with van der Waals surface area (Å²) in [6.07, 6.45) is 1.01. The van der Waals surface area contributed by atoms with Crippen LogP contribution in [0.2, 0.25) is 0 Å². The van der Waals surface area contributed by atoms with E-state index in [1.807, 2.05) is 35.7 Å². The molecule has 1 aliphatic rings. The van der Waals surface area contributed by atoms with Crippen molar-refractivity contribution in [2.45, 2.75) is 25.4 Å². The molecule has 0 N–H and O–H groups in total. The molecule has 2 amide bonds. The van der Waals surface area contributed by atoms with E-state index in [-0.39, 0.29) is 17.9 Å². The number of para-hydroxylation sites is 1. The predicted octanol–water partition coefficient (Wildman–Crippen LogP) is 2.30. The van der Waals surface area contributed by atoms with E-state index in [0.29, 0.717) is 19.4 Å².